The van der Waals surface area contributed by atoms with Crippen molar-refractivity contribution in [3.63, 3.8) is 0 Å². The number of ether oxygens (including phenoxy) is 1. The first-order chi connectivity index (χ1) is 21.4. The van der Waals surface area contributed by atoms with Crippen LogP contribution in [0, 0.1) is 25.7 Å². The maximum absolute atomic E-state index is 12.6. The van der Waals surface area contributed by atoms with Gasteiger partial charge < -0.3 is 40.7 Å². The molecule has 0 spiro atoms. The molecule has 4 aliphatic heterocycles. The summed E-state index contributed by atoms with van der Waals surface area (Å²) in [5.41, 5.74) is 10.6. The van der Waals surface area contributed by atoms with Gasteiger partial charge in [-0.3, -0.25) is 9.59 Å². The number of carbonyl (C=O) groups excluding carboxylic acids is 2. The summed E-state index contributed by atoms with van der Waals surface area (Å²) in [5.74, 6) is -0.00275. The van der Waals surface area contributed by atoms with E-state index in [0.29, 0.717) is 49.5 Å². The molecule has 3 fully saturated rings. The van der Waals surface area contributed by atoms with Crippen LogP contribution in [0.15, 0.2) is 29.5 Å². The first-order valence-corrected chi connectivity index (χ1v) is 16.8. The molecule has 3 saturated heterocycles. The first kappa shape index (κ1) is 31.9. The van der Waals surface area contributed by atoms with Gasteiger partial charge in [0.2, 0.25) is 5.91 Å². The third kappa shape index (κ3) is 6.46. The van der Waals surface area contributed by atoms with Gasteiger partial charge in [-0.2, -0.15) is 11.8 Å². The molecule has 0 bridgehead atoms. The number of hydrogen-bond donors (Lipinski definition) is 7. The molecule has 4 aliphatic rings. The highest BCUT2D eigenvalue weighted by Crippen LogP contribution is 2.46. The fourth-order valence-electron chi connectivity index (χ4n) is 7.02. The molecule has 0 aliphatic carbocycles. The van der Waals surface area contributed by atoms with Crippen LogP contribution < -0.4 is 10.6 Å². The van der Waals surface area contributed by atoms with Crippen molar-refractivity contribution < 1.29 is 29.6 Å². The number of allylic oxidation sites excluding steroid dienone is 1. The number of amides is 2. The Bertz CT molecular complexity index is 1590. The highest BCUT2D eigenvalue weighted by atomic mass is 32.2. The van der Waals surface area contributed by atoms with Crippen molar-refractivity contribution in [1.82, 2.24) is 20.6 Å². The van der Waals surface area contributed by atoms with Crippen molar-refractivity contribution in [2.24, 2.45) is 11.8 Å². The van der Waals surface area contributed by atoms with E-state index in [4.69, 9.17) is 4.74 Å². The second-order valence-electron chi connectivity index (χ2n) is 13.0. The Kier molecular flexibility index (Phi) is 8.68. The van der Waals surface area contributed by atoms with Gasteiger partial charge in [0.05, 0.1) is 6.04 Å². The fourth-order valence-corrected chi connectivity index (χ4v) is 7.93. The number of aliphatic hydroxyl groups excluding tert-OH is 1. The Hall–Kier alpha value is -3.09. The van der Waals surface area contributed by atoms with Gasteiger partial charge in [0.1, 0.15) is 6.61 Å². The van der Waals surface area contributed by atoms with Crippen LogP contribution in [-0.2, 0) is 40.0 Å². The summed E-state index contributed by atoms with van der Waals surface area (Å²) in [6.45, 7) is 12.2. The van der Waals surface area contributed by atoms with Crippen LogP contribution in [0.2, 0.25) is 0 Å². The summed E-state index contributed by atoms with van der Waals surface area (Å²) >= 11 is 1.88. The van der Waals surface area contributed by atoms with Crippen LogP contribution in [0.1, 0.15) is 71.7 Å². The predicted octanol–water partition coefficient (Wildman–Crippen LogP) is 2.83. The second kappa shape index (κ2) is 12.3. The average Bonchev–Trinajstić information content (AvgIpc) is 3.86. The van der Waals surface area contributed by atoms with Gasteiger partial charge in [0, 0.05) is 82.6 Å². The van der Waals surface area contributed by atoms with Crippen molar-refractivity contribution in [3.05, 3.63) is 74.5 Å². The van der Waals surface area contributed by atoms with E-state index in [-0.39, 0.29) is 36.1 Å². The van der Waals surface area contributed by atoms with Gasteiger partial charge in [-0.15, -0.1) is 0 Å². The van der Waals surface area contributed by atoms with Gasteiger partial charge in [0.15, 0.2) is 12.1 Å². The van der Waals surface area contributed by atoms with E-state index in [1.54, 1.807) is 6.08 Å². The molecule has 6 rings (SSSR count). The number of aromatic amines is 2. The maximum Gasteiger partial charge on any atom is 0.251 e. The van der Waals surface area contributed by atoms with Crippen molar-refractivity contribution in [2.75, 3.05) is 12.4 Å². The van der Waals surface area contributed by atoms with Crippen LogP contribution in [0.4, 0.5) is 0 Å². The Morgan fingerprint density at radius 2 is 1.78 bits per heavy atom. The quantitative estimate of drug-likeness (QED) is 0.131. The van der Waals surface area contributed by atoms with Crippen LogP contribution in [0.25, 0.3) is 6.08 Å². The lowest BCUT2D eigenvalue weighted by molar-refractivity contribution is -0.122. The topological polar surface area (TPSA) is 163 Å². The highest BCUT2D eigenvalue weighted by molar-refractivity contribution is 8.06. The Morgan fingerprint density at radius 1 is 1.09 bits per heavy atom. The van der Waals surface area contributed by atoms with E-state index in [2.05, 4.69) is 40.2 Å². The minimum Gasteiger partial charge on any atom is -0.368 e. The Morgan fingerprint density at radius 3 is 2.40 bits per heavy atom. The summed E-state index contributed by atoms with van der Waals surface area (Å²) in [7, 11) is 0. The maximum atomic E-state index is 12.6. The highest BCUT2D eigenvalue weighted by Gasteiger charge is 2.45. The number of hydrogen-bond acceptors (Lipinski definition) is 7. The molecular formula is C34H44N4O6S. The number of thioether (sulfide) groups is 1. The number of rotatable bonds is 13. The smallest absolute Gasteiger partial charge is 0.251 e. The van der Waals surface area contributed by atoms with Gasteiger partial charge in [0.25, 0.3) is 5.91 Å². The van der Waals surface area contributed by atoms with Crippen LogP contribution in [-0.4, -0.2) is 72.8 Å². The van der Waals surface area contributed by atoms with E-state index in [1.165, 1.54) is 0 Å². The monoisotopic (exact) mass is 636 g/mol. The number of H-pyrrole nitrogens is 2. The van der Waals surface area contributed by atoms with E-state index in [1.807, 2.05) is 32.5 Å². The van der Waals surface area contributed by atoms with Crippen molar-refractivity contribution in [1.29, 1.82) is 0 Å². The van der Waals surface area contributed by atoms with Crippen LogP contribution in [0.5, 0.6) is 0 Å². The Balaban J connectivity index is 1.35. The van der Waals surface area contributed by atoms with Gasteiger partial charge in [-0.1, -0.05) is 19.6 Å². The Labute approximate surface area is 267 Å². The molecule has 0 unspecified atom stereocenters. The lowest BCUT2D eigenvalue weighted by atomic mass is 9.91. The number of epoxide rings is 1. The molecule has 7 N–H and O–H groups in total. The molecule has 0 radical (unpaired) electrons. The molecule has 11 heteroatoms. The van der Waals surface area contributed by atoms with Crippen LogP contribution in [0.3, 0.4) is 0 Å². The largest absolute Gasteiger partial charge is 0.368 e. The molecule has 2 aromatic heterocycles. The zero-order chi connectivity index (χ0) is 32.2. The second-order valence-corrected chi connectivity index (χ2v) is 14.3. The molecule has 2 amide bonds. The number of aliphatic hydroxyl groups is 3. The lowest BCUT2D eigenvalue weighted by Gasteiger charge is -2.12. The molecule has 2 aromatic rings. The molecule has 6 heterocycles. The summed E-state index contributed by atoms with van der Waals surface area (Å²) in [6, 6.07) is -0.145. The minimum atomic E-state index is -1.42. The normalized spacial score (nSPS) is 28.4. The van der Waals surface area contributed by atoms with Gasteiger partial charge in [-0.25, -0.2) is 0 Å². The van der Waals surface area contributed by atoms with Gasteiger partial charge in [-0.05, 0) is 67.5 Å². The van der Waals surface area contributed by atoms with Crippen molar-refractivity contribution in [3.8, 4) is 0 Å². The summed E-state index contributed by atoms with van der Waals surface area (Å²) in [6.07, 6.45) is 5.13. The number of carbonyl (C=O) groups is 2. The third-order valence-electron chi connectivity index (χ3n) is 10.1. The summed E-state index contributed by atoms with van der Waals surface area (Å²) in [5, 5.41) is 36.6. The van der Waals surface area contributed by atoms with E-state index >= 15 is 0 Å². The average molecular weight is 637 g/mol. The first-order valence-electron chi connectivity index (χ1n) is 15.8. The van der Waals surface area contributed by atoms with Crippen molar-refractivity contribution in [2.45, 2.75) is 89.6 Å². The van der Waals surface area contributed by atoms with Crippen LogP contribution >= 0.6 is 11.8 Å². The van der Waals surface area contributed by atoms with E-state index in [0.717, 1.165) is 62.1 Å². The third-order valence-corrected chi connectivity index (χ3v) is 11.1. The standard InChI is InChI=1S/C34H44N4O6S/c1-6-20-16(2)25(37-33(20)42)11-23-18(4)22(9-10-34(43)15-44-34)27(35-23)13-26-21(7-8-30(39)40)17(3)24(36-26)12-28-31(29-14-45-29)19(5)32(41)38-28/h6,12,19,25,29-31,35-36,39-40,43H,1,7-11,13-15H2,2-5H3,(H,37,42)(H,38,41)/b28-12-/t19-,25-,29-,31-,34-/m1/s1. The SMILES string of the molecule is C=CC1=C(C)[C@@H](Cc2[nH]c(Cc3[nH]c(/C=C4\NC(=O)[C@H](C)[C@H]4[C@H]4CS4)c(C)c3CCC(O)O)c(CC[C@]3(O)CO3)c2C)NC1=O. The molecule has 242 valence electrons. The summed E-state index contributed by atoms with van der Waals surface area (Å²) in [4.78, 5) is 32.4. The summed E-state index contributed by atoms with van der Waals surface area (Å²) < 4.78 is 5.27. The molecule has 45 heavy (non-hydrogen) atoms. The zero-order valence-corrected chi connectivity index (χ0v) is 27.2. The molecule has 0 aromatic carbocycles. The molecule has 0 saturated carbocycles. The fraction of sp³-hybridized carbons (Fsp3) is 0.529. The van der Waals surface area contributed by atoms with E-state index < -0.39 is 12.1 Å². The van der Waals surface area contributed by atoms with Crippen molar-refractivity contribution >= 4 is 29.7 Å². The zero-order valence-electron chi connectivity index (χ0n) is 26.4. The molecule has 5 atom stereocenters. The minimum absolute atomic E-state index is 0.0517. The number of aromatic nitrogens is 2. The predicted molar refractivity (Wildman–Crippen MR) is 173 cm³/mol. The van der Waals surface area contributed by atoms with Gasteiger partial charge >= 0.3 is 0 Å². The lowest BCUT2D eigenvalue weighted by Crippen LogP contribution is -2.30. The molecule has 10 nitrogen and oxygen atoms in total. The van der Waals surface area contributed by atoms with E-state index in [9.17, 15) is 24.9 Å². The number of nitrogens with one attached hydrogen (secondary N) is 4. The molecular weight excluding hydrogens is 592 g/mol.